The average molecular weight is 584 g/mol. The fraction of sp³-hybridized carbons (Fsp3) is 0.355. The van der Waals surface area contributed by atoms with Crippen molar-refractivity contribution in [2.24, 2.45) is 5.92 Å². The van der Waals surface area contributed by atoms with Gasteiger partial charge in [-0.15, -0.1) is 0 Å². The van der Waals surface area contributed by atoms with Gasteiger partial charge in [-0.3, -0.25) is 13.9 Å². The summed E-state index contributed by atoms with van der Waals surface area (Å²) in [5.74, 6) is -0.511. The molecule has 0 aliphatic carbocycles. The van der Waals surface area contributed by atoms with Gasteiger partial charge in [-0.05, 0) is 73.2 Å². The Kier molecular flexibility index (Phi) is 10.8. The Morgan fingerprint density at radius 1 is 0.925 bits per heavy atom. The number of amides is 2. The van der Waals surface area contributed by atoms with Crippen LogP contribution in [-0.2, 0) is 26.2 Å². The number of benzene rings is 3. The molecule has 0 aromatic heterocycles. The first-order chi connectivity index (χ1) is 18.9. The minimum absolute atomic E-state index is 0.0596. The van der Waals surface area contributed by atoms with Crippen molar-refractivity contribution in [3.8, 4) is 0 Å². The second-order valence-corrected chi connectivity index (χ2v) is 12.6. The molecule has 3 aromatic rings. The van der Waals surface area contributed by atoms with Gasteiger partial charge in [0.25, 0.3) is 10.0 Å². The van der Waals surface area contributed by atoms with Crippen molar-refractivity contribution >= 4 is 39.1 Å². The van der Waals surface area contributed by atoms with Gasteiger partial charge in [0, 0.05) is 18.1 Å². The molecule has 0 aliphatic heterocycles. The molecule has 0 saturated heterocycles. The molecule has 3 rings (SSSR count). The molecule has 2 amide bonds. The number of carbonyl (C=O) groups excluding carboxylic acids is 2. The van der Waals surface area contributed by atoms with Crippen LogP contribution < -0.4 is 9.62 Å². The Labute approximate surface area is 243 Å². The molecule has 0 saturated carbocycles. The predicted octanol–water partition coefficient (Wildman–Crippen LogP) is 5.73. The number of sulfonamides is 1. The van der Waals surface area contributed by atoms with Crippen LogP contribution >= 0.6 is 11.6 Å². The summed E-state index contributed by atoms with van der Waals surface area (Å²) >= 11 is 6.17. The quantitative estimate of drug-likeness (QED) is 0.295. The van der Waals surface area contributed by atoms with E-state index in [1.165, 1.54) is 17.0 Å². The lowest BCUT2D eigenvalue weighted by molar-refractivity contribution is -0.140. The van der Waals surface area contributed by atoms with E-state index in [1.807, 2.05) is 52.0 Å². The van der Waals surface area contributed by atoms with Crippen LogP contribution in [0.4, 0.5) is 5.69 Å². The van der Waals surface area contributed by atoms with Crippen LogP contribution in [0, 0.1) is 19.8 Å². The Hall–Kier alpha value is -3.36. The van der Waals surface area contributed by atoms with Crippen molar-refractivity contribution < 1.29 is 18.0 Å². The highest BCUT2D eigenvalue weighted by atomic mass is 35.5. The molecule has 1 N–H and O–H groups in total. The van der Waals surface area contributed by atoms with Crippen LogP contribution in [0.3, 0.4) is 0 Å². The second-order valence-electron chi connectivity index (χ2n) is 10.3. The first kappa shape index (κ1) is 31.2. The van der Waals surface area contributed by atoms with E-state index >= 15 is 0 Å². The lowest BCUT2D eigenvalue weighted by atomic mass is 10.1. The number of hydrogen-bond donors (Lipinski definition) is 1. The lowest BCUT2D eigenvalue weighted by Gasteiger charge is -2.34. The third kappa shape index (κ3) is 7.64. The average Bonchev–Trinajstić information content (AvgIpc) is 2.92. The van der Waals surface area contributed by atoms with E-state index in [2.05, 4.69) is 5.32 Å². The fourth-order valence-electron chi connectivity index (χ4n) is 4.44. The monoisotopic (exact) mass is 583 g/mol. The van der Waals surface area contributed by atoms with Crippen LogP contribution in [0.5, 0.6) is 0 Å². The Bertz CT molecular complexity index is 1430. The van der Waals surface area contributed by atoms with Crippen molar-refractivity contribution in [3.05, 3.63) is 94.5 Å². The van der Waals surface area contributed by atoms with Crippen molar-refractivity contribution in [2.75, 3.05) is 17.4 Å². The van der Waals surface area contributed by atoms with Gasteiger partial charge in [0.05, 0.1) is 10.6 Å². The highest BCUT2D eigenvalue weighted by Gasteiger charge is 2.34. The van der Waals surface area contributed by atoms with Crippen LogP contribution in [0.1, 0.15) is 43.9 Å². The lowest BCUT2D eigenvalue weighted by Crippen LogP contribution is -2.52. The first-order valence-electron chi connectivity index (χ1n) is 13.4. The SMILES string of the molecule is CC[C@@H](C(=O)NCC(C)C)N(Cc1ccccc1C)C(=O)CN(c1ccc(Cl)cc1C)S(=O)(=O)c1ccccc1. The van der Waals surface area contributed by atoms with E-state index in [0.29, 0.717) is 29.2 Å². The molecule has 0 unspecified atom stereocenters. The summed E-state index contributed by atoms with van der Waals surface area (Å²) in [6, 6.07) is 19.7. The maximum atomic E-state index is 14.2. The summed E-state index contributed by atoms with van der Waals surface area (Å²) in [7, 11) is -4.13. The highest BCUT2D eigenvalue weighted by Crippen LogP contribution is 2.29. The van der Waals surface area contributed by atoms with Crippen molar-refractivity contribution in [1.29, 1.82) is 0 Å². The van der Waals surface area contributed by atoms with E-state index in [0.717, 1.165) is 15.4 Å². The maximum absolute atomic E-state index is 14.2. The molecule has 0 aliphatic rings. The van der Waals surface area contributed by atoms with Crippen LogP contribution in [0.25, 0.3) is 0 Å². The third-order valence-electron chi connectivity index (χ3n) is 6.71. The molecule has 7 nitrogen and oxygen atoms in total. The zero-order valence-electron chi connectivity index (χ0n) is 23.7. The molecule has 3 aromatic carbocycles. The van der Waals surface area contributed by atoms with Crippen LogP contribution in [0.2, 0.25) is 5.02 Å². The van der Waals surface area contributed by atoms with E-state index in [-0.39, 0.29) is 23.3 Å². The van der Waals surface area contributed by atoms with Gasteiger partial charge in [0.15, 0.2) is 0 Å². The predicted molar refractivity (Wildman–Crippen MR) is 161 cm³/mol. The third-order valence-corrected chi connectivity index (χ3v) is 8.72. The highest BCUT2D eigenvalue weighted by molar-refractivity contribution is 7.92. The van der Waals surface area contributed by atoms with Crippen LogP contribution in [0.15, 0.2) is 77.7 Å². The smallest absolute Gasteiger partial charge is 0.264 e. The number of nitrogens with one attached hydrogen (secondary N) is 1. The van der Waals surface area contributed by atoms with E-state index in [4.69, 9.17) is 11.6 Å². The van der Waals surface area contributed by atoms with Crippen molar-refractivity contribution in [3.63, 3.8) is 0 Å². The zero-order chi connectivity index (χ0) is 29.4. The molecule has 40 heavy (non-hydrogen) atoms. The van der Waals surface area contributed by atoms with E-state index in [1.54, 1.807) is 43.3 Å². The van der Waals surface area contributed by atoms with E-state index in [9.17, 15) is 18.0 Å². The first-order valence-corrected chi connectivity index (χ1v) is 15.2. The van der Waals surface area contributed by atoms with E-state index < -0.39 is 28.5 Å². The number of anilines is 1. The Morgan fingerprint density at radius 3 is 2.17 bits per heavy atom. The summed E-state index contributed by atoms with van der Waals surface area (Å²) in [5.41, 5.74) is 2.80. The van der Waals surface area contributed by atoms with Gasteiger partial charge in [0.1, 0.15) is 12.6 Å². The number of carbonyl (C=O) groups is 2. The topological polar surface area (TPSA) is 86.8 Å². The molecule has 214 valence electrons. The van der Waals surface area contributed by atoms with Gasteiger partial charge >= 0.3 is 0 Å². The molecule has 0 spiro atoms. The minimum Gasteiger partial charge on any atom is -0.354 e. The number of rotatable bonds is 12. The summed E-state index contributed by atoms with van der Waals surface area (Å²) in [6.07, 6.45) is 0.368. The molecular weight excluding hydrogens is 546 g/mol. The standard InChI is InChI=1S/C31H38ClN3O4S/c1-6-28(31(37)33-19-22(2)3)34(20-25-13-11-10-12-23(25)4)30(36)21-35(29-17-16-26(32)18-24(29)5)40(38,39)27-14-8-7-9-15-27/h7-18,22,28H,6,19-21H2,1-5H3,(H,33,37)/t28-/m0/s1. The molecular formula is C31H38ClN3O4S. The maximum Gasteiger partial charge on any atom is 0.264 e. The minimum atomic E-state index is -4.13. The Balaban J connectivity index is 2.08. The molecule has 0 heterocycles. The normalized spacial score (nSPS) is 12.2. The van der Waals surface area contributed by atoms with Gasteiger partial charge in [-0.25, -0.2) is 8.42 Å². The summed E-state index contributed by atoms with van der Waals surface area (Å²) in [6.45, 7) is 9.69. The number of hydrogen-bond acceptors (Lipinski definition) is 4. The molecule has 9 heteroatoms. The molecule has 0 bridgehead atoms. The number of aryl methyl sites for hydroxylation is 2. The Morgan fingerprint density at radius 2 is 1.57 bits per heavy atom. The summed E-state index contributed by atoms with van der Waals surface area (Å²) in [5, 5.41) is 3.40. The van der Waals surface area contributed by atoms with Crippen molar-refractivity contribution in [2.45, 2.75) is 58.5 Å². The molecule has 0 radical (unpaired) electrons. The van der Waals surface area contributed by atoms with Gasteiger partial charge in [-0.1, -0.05) is 74.8 Å². The molecule has 1 atom stereocenters. The van der Waals surface area contributed by atoms with Gasteiger partial charge in [-0.2, -0.15) is 0 Å². The second kappa shape index (κ2) is 13.8. The number of halogens is 1. The van der Waals surface area contributed by atoms with Gasteiger partial charge < -0.3 is 10.2 Å². The summed E-state index contributed by atoms with van der Waals surface area (Å²) in [4.78, 5) is 29.0. The zero-order valence-corrected chi connectivity index (χ0v) is 25.3. The van der Waals surface area contributed by atoms with Crippen molar-refractivity contribution in [1.82, 2.24) is 10.2 Å². The summed E-state index contributed by atoms with van der Waals surface area (Å²) < 4.78 is 29.0. The van der Waals surface area contributed by atoms with Gasteiger partial charge in [0.2, 0.25) is 11.8 Å². The van der Waals surface area contributed by atoms with Crippen LogP contribution in [-0.4, -0.2) is 44.3 Å². The molecule has 0 fully saturated rings. The largest absolute Gasteiger partial charge is 0.354 e. The fourth-order valence-corrected chi connectivity index (χ4v) is 6.17. The number of nitrogens with zero attached hydrogens (tertiary/aromatic N) is 2.